The summed E-state index contributed by atoms with van der Waals surface area (Å²) in [5, 5.41) is 15.1. The van der Waals surface area contributed by atoms with E-state index in [2.05, 4.69) is 20.4 Å². The highest BCUT2D eigenvalue weighted by atomic mass is 16.2. The maximum absolute atomic E-state index is 13.0. The van der Waals surface area contributed by atoms with Crippen LogP contribution in [0.1, 0.15) is 41.5 Å². The molecule has 0 unspecified atom stereocenters. The van der Waals surface area contributed by atoms with E-state index < -0.39 is 0 Å². The molecule has 0 spiro atoms. The molecule has 1 aromatic carbocycles. The van der Waals surface area contributed by atoms with Gasteiger partial charge in [-0.25, -0.2) is 0 Å². The Morgan fingerprint density at radius 3 is 2.95 bits per heavy atom. The molecule has 0 saturated carbocycles. The zero-order valence-corrected chi connectivity index (χ0v) is 12.1. The van der Waals surface area contributed by atoms with E-state index in [4.69, 9.17) is 0 Å². The van der Waals surface area contributed by atoms with E-state index in [9.17, 15) is 4.79 Å². The number of likely N-dealkylation sites (tertiary alicyclic amines) is 1. The number of para-hydroxylation sites is 1. The third kappa shape index (κ3) is 2.07. The average molecular weight is 295 g/mol. The molecule has 1 fully saturated rings. The average Bonchev–Trinajstić information content (AvgIpc) is 3.24. The number of rotatable bonds is 2. The fourth-order valence-electron chi connectivity index (χ4n) is 3.21. The lowest BCUT2D eigenvalue weighted by atomic mass is 9.98. The van der Waals surface area contributed by atoms with Crippen molar-refractivity contribution in [3.05, 3.63) is 47.9 Å². The highest BCUT2D eigenvalue weighted by molar-refractivity contribution is 6.04. The molecule has 112 valence electrons. The van der Waals surface area contributed by atoms with Gasteiger partial charge in [0, 0.05) is 18.1 Å². The highest BCUT2D eigenvalue weighted by Crippen LogP contribution is 2.31. The van der Waals surface area contributed by atoms with Gasteiger partial charge in [-0.05, 0) is 31.4 Å². The summed E-state index contributed by atoms with van der Waals surface area (Å²) >= 11 is 0. The quantitative estimate of drug-likeness (QED) is 0.763. The van der Waals surface area contributed by atoms with Crippen LogP contribution in [0.2, 0.25) is 0 Å². The number of hydrogen-bond donors (Lipinski definition) is 2. The number of aromatic amines is 2. The van der Waals surface area contributed by atoms with Gasteiger partial charge < -0.3 is 4.90 Å². The number of amides is 1. The molecule has 3 heterocycles. The highest BCUT2D eigenvalue weighted by Gasteiger charge is 2.31. The molecule has 4 rings (SSSR count). The van der Waals surface area contributed by atoms with Crippen LogP contribution in [-0.2, 0) is 0 Å². The Labute approximate surface area is 127 Å². The molecule has 0 radical (unpaired) electrons. The zero-order chi connectivity index (χ0) is 14.9. The minimum Gasteiger partial charge on any atom is -0.329 e. The molecular weight excluding hydrogens is 278 g/mol. The number of H-pyrrole nitrogens is 2. The lowest BCUT2D eigenvalue weighted by Crippen LogP contribution is -2.39. The molecule has 2 N–H and O–H groups in total. The molecule has 0 aliphatic carbocycles. The van der Waals surface area contributed by atoms with Crippen LogP contribution in [0, 0.1) is 0 Å². The monoisotopic (exact) mass is 295 g/mol. The Bertz CT molecular complexity index is 792. The van der Waals surface area contributed by atoms with Crippen LogP contribution in [0.4, 0.5) is 0 Å². The molecule has 2 aromatic heterocycles. The molecule has 1 amide bonds. The van der Waals surface area contributed by atoms with Crippen molar-refractivity contribution in [2.75, 3.05) is 6.54 Å². The minimum atomic E-state index is -0.0169. The lowest BCUT2D eigenvalue weighted by Gasteiger charge is -2.34. The maximum atomic E-state index is 13.0. The first-order chi connectivity index (χ1) is 10.8. The number of carbonyl (C=O) groups is 1. The number of aromatic nitrogens is 4. The van der Waals surface area contributed by atoms with Gasteiger partial charge in [0.1, 0.15) is 0 Å². The van der Waals surface area contributed by atoms with Gasteiger partial charge in [0.25, 0.3) is 5.91 Å². The predicted molar refractivity (Wildman–Crippen MR) is 82.3 cm³/mol. The van der Waals surface area contributed by atoms with E-state index in [1.54, 1.807) is 6.20 Å². The van der Waals surface area contributed by atoms with Crippen molar-refractivity contribution in [1.82, 2.24) is 25.3 Å². The maximum Gasteiger partial charge on any atom is 0.275 e. The van der Waals surface area contributed by atoms with Crippen LogP contribution in [0.5, 0.6) is 0 Å². The molecular formula is C16H17N5O. The van der Waals surface area contributed by atoms with Gasteiger partial charge in [0.2, 0.25) is 0 Å². The predicted octanol–water partition coefficient (Wildman–Crippen LogP) is 2.65. The molecule has 1 aliphatic heterocycles. The first kappa shape index (κ1) is 13.1. The first-order valence-corrected chi connectivity index (χ1v) is 7.58. The second kappa shape index (κ2) is 5.29. The molecule has 3 aromatic rings. The Balaban J connectivity index is 1.71. The molecule has 1 saturated heterocycles. The Hall–Kier alpha value is -2.63. The van der Waals surface area contributed by atoms with Crippen molar-refractivity contribution >= 4 is 16.8 Å². The second-order valence-electron chi connectivity index (χ2n) is 5.64. The standard InChI is InChI=1S/C16H17N5O/c22-16(15-11-5-1-2-6-12(11)19-20-15)21-10-4-3-7-14(21)13-8-9-17-18-13/h1-2,5-6,8-9,14H,3-4,7,10H2,(H,17,18)(H,19,20)/t14-/m0/s1. The van der Waals surface area contributed by atoms with Gasteiger partial charge in [-0.1, -0.05) is 18.2 Å². The number of piperidine rings is 1. The molecule has 1 atom stereocenters. The summed E-state index contributed by atoms with van der Waals surface area (Å²) in [7, 11) is 0. The number of hydrogen-bond acceptors (Lipinski definition) is 3. The number of carbonyl (C=O) groups excluding carboxylic acids is 1. The minimum absolute atomic E-state index is 0.0169. The van der Waals surface area contributed by atoms with Crippen molar-refractivity contribution in [1.29, 1.82) is 0 Å². The van der Waals surface area contributed by atoms with Crippen LogP contribution in [0.15, 0.2) is 36.5 Å². The Morgan fingerprint density at radius 2 is 2.09 bits per heavy atom. The Morgan fingerprint density at radius 1 is 1.18 bits per heavy atom. The third-order valence-corrected chi connectivity index (χ3v) is 4.32. The lowest BCUT2D eigenvalue weighted by molar-refractivity contribution is 0.0602. The van der Waals surface area contributed by atoms with E-state index >= 15 is 0 Å². The van der Waals surface area contributed by atoms with Crippen molar-refractivity contribution in [2.45, 2.75) is 25.3 Å². The first-order valence-electron chi connectivity index (χ1n) is 7.58. The van der Waals surface area contributed by atoms with Crippen molar-refractivity contribution in [2.24, 2.45) is 0 Å². The van der Waals surface area contributed by atoms with Crippen LogP contribution in [0.25, 0.3) is 10.9 Å². The van der Waals surface area contributed by atoms with E-state index in [0.717, 1.165) is 42.4 Å². The Kier molecular flexibility index (Phi) is 3.14. The van der Waals surface area contributed by atoms with Crippen molar-refractivity contribution in [3.8, 4) is 0 Å². The fraction of sp³-hybridized carbons (Fsp3) is 0.312. The topological polar surface area (TPSA) is 77.7 Å². The number of nitrogens with zero attached hydrogens (tertiary/aromatic N) is 3. The molecule has 1 aliphatic rings. The molecule has 0 bridgehead atoms. The SMILES string of the molecule is O=C(c1n[nH]c2ccccc12)N1CCCC[C@H]1c1ccn[nH]1. The summed E-state index contributed by atoms with van der Waals surface area (Å²) in [5.41, 5.74) is 2.39. The molecule has 22 heavy (non-hydrogen) atoms. The summed E-state index contributed by atoms with van der Waals surface area (Å²) in [5.74, 6) is -0.0169. The van der Waals surface area contributed by atoms with Gasteiger partial charge in [0.05, 0.1) is 17.3 Å². The van der Waals surface area contributed by atoms with Crippen LogP contribution in [-0.4, -0.2) is 37.7 Å². The van der Waals surface area contributed by atoms with Crippen molar-refractivity contribution < 1.29 is 4.79 Å². The van der Waals surface area contributed by atoms with E-state index in [1.807, 2.05) is 35.2 Å². The molecule has 6 heteroatoms. The van der Waals surface area contributed by atoms with Gasteiger partial charge in [-0.2, -0.15) is 10.2 Å². The number of benzene rings is 1. The smallest absolute Gasteiger partial charge is 0.275 e. The number of fused-ring (bicyclic) bond motifs is 1. The number of nitrogens with one attached hydrogen (secondary N) is 2. The summed E-state index contributed by atoms with van der Waals surface area (Å²) in [6.45, 7) is 0.754. The van der Waals surface area contributed by atoms with Crippen molar-refractivity contribution in [3.63, 3.8) is 0 Å². The summed E-state index contributed by atoms with van der Waals surface area (Å²) in [6, 6.07) is 9.72. The molecule has 6 nitrogen and oxygen atoms in total. The van der Waals surface area contributed by atoms with Gasteiger partial charge in [-0.3, -0.25) is 15.0 Å². The van der Waals surface area contributed by atoms with Crippen LogP contribution in [0.3, 0.4) is 0 Å². The largest absolute Gasteiger partial charge is 0.329 e. The second-order valence-corrected chi connectivity index (χ2v) is 5.64. The summed E-state index contributed by atoms with van der Waals surface area (Å²) in [4.78, 5) is 14.9. The van der Waals surface area contributed by atoms with Crippen LogP contribution >= 0.6 is 0 Å². The van der Waals surface area contributed by atoms with E-state index in [0.29, 0.717) is 5.69 Å². The third-order valence-electron chi connectivity index (χ3n) is 4.32. The van der Waals surface area contributed by atoms with Gasteiger partial charge in [0.15, 0.2) is 5.69 Å². The van der Waals surface area contributed by atoms with Gasteiger partial charge in [-0.15, -0.1) is 0 Å². The normalized spacial score (nSPS) is 18.7. The zero-order valence-electron chi connectivity index (χ0n) is 12.1. The summed E-state index contributed by atoms with van der Waals surface area (Å²) in [6.07, 6.45) is 4.83. The fourth-order valence-corrected chi connectivity index (χ4v) is 3.21. The van der Waals surface area contributed by atoms with E-state index in [-0.39, 0.29) is 11.9 Å². The van der Waals surface area contributed by atoms with Crippen LogP contribution < -0.4 is 0 Å². The summed E-state index contributed by atoms with van der Waals surface area (Å²) < 4.78 is 0. The van der Waals surface area contributed by atoms with E-state index in [1.165, 1.54) is 0 Å². The van der Waals surface area contributed by atoms with Gasteiger partial charge >= 0.3 is 0 Å².